The Morgan fingerprint density at radius 1 is 1.20 bits per heavy atom. The largest absolute Gasteiger partial charge is 0.454 e. The van der Waals surface area contributed by atoms with E-state index in [2.05, 4.69) is 35.8 Å². The number of benzene rings is 2. The number of H-pyrrole nitrogens is 1. The Morgan fingerprint density at radius 2 is 1.90 bits per heavy atom. The maximum atomic E-state index is 12.2. The second kappa shape index (κ2) is 7.59. The van der Waals surface area contributed by atoms with Gasteiger partial charge in [-0.15, -0.1) is 5.10 Å². The number of aromatic amines is 1. The summed E-state index contributed by atoms with van der Waals surface area (Å²) >= 11 is 12.8. The van der Waals surface area contributed by atoms with Gasteiger partial charge in [0.15, 0.2) is 11.6 Å². The lowest BCUT2D eigenvalue weighted by molar-refractivity contribution is 0.248. The minimum Gasteiger partial charge on any atom is -0.454 e. The predicted octanol–water partition coefficient (Wildman–Crippen LogP) is 5.71. The number of ether oxygens (including phenoxy) is 1. The van der Waals surface area contributed by atoms with Gasteiger partial charge in [-0.05, 0) is 41.8 Å². The van der Waals surface area contributed by atoms with E-state index in [9.17, 15) is 4.79 Å². The van der Waals surface area contributed by atoms with Crippen LogP contribution in [0, 0.1) is 0 Å². The van der Waals surface area contributed by atoms with Crippen molar-refractivity contribution in [1.29, 1.82) is 0 Å². The Bertz CT molecular complexity index is 1190. The zero-order valence-corrected chi connectivity index (χ0v) is 17.8. The second-order valence-electron chi connectivity index (χ2n) is 7.15. The molecular weight excluding hydrogens is 425 g/mol. The number of hydrazone groups is 1. The molecule has 4 N–H and O–H groups in total. The van der Waals surface area contributed by atoms with Crippen molar-refractivity contribution >= 4 is 51.7 Å². The zero-order chi connectivity index (χ0) is 21.6. The Labute approximate surface area is 183 Å². The molecule has 0 bridgehead atoms. The highest BCUT2D eigenvalue weighted by molar-refractivity contribution is 6.37. The summed E-state index contributed by atoms with van der Waals surface area (Å²) in [5, 5.41) is 9.12. The number of fused-ring (bicyclic) bond motifs is 1. The predicted molar refractivity (Wildman–Crippen MR) is 121 cm³/mol. The minimum absolute atomic E-state index is 0.0860. The van der Waals surface area contributed by atoms with Gasteiger partial charge in [0.2, 0.25) is 0 Å². The number of halogens is 2. The smallest absolute Gasteiger partial charge is 0.347 e. The molecular formula is C21H19Cl2N5O2. The van der Waals surface area contributed by atoms with Gasteiger partial charge in [0, 0.05) is 17.1 Å². The van der Waals surface area contributed by atoms with Crippen LogP contribution in [0.3, 0.4) is 0 Å². The van der Waals surface area contributed by atoms with Crippen molar-refractivity contribution in [2.75, 3.05) is 5.01 Å². The van der Waals surface area contributed by atoms with Crippen LogP contribution in [0.1, 0.15) is 25.3 Å². The average molecular weight is 444 g/mol. The van der Waals surface area contributed by atoms with Crippen LogP contribution in [0.15, 0.2) is 53.9 Å². The Morgan fingerprint density at radius 3 is 2.57 bits per heavy atom. The van der Waals surface area contributed by atoms with E-state index >= 15 is 0 Å². The molecule has 2 amide bonds. The van der Waals surface area contributed by atoms with Crippen LogP contribution in [0.5, 0.6) is 11.5 Å². The first-order valence-corrected chi connectivity index (χ1v) is 9.92. The van der Waals surface area contributed by atoms with Crippen molar-refractivity contribution in [3.05, 3.63) is 64.4 Å². The van der Waals surface area contributed by atoms with E-state index in [4.69, 9.17) is 33.7 Å². The van der Waals surface area contributed by atoms with Crippen LogP contribution >= 0.6 is 23.2 Å². The minimum atomic E-state index is -0.519. The SMILES string of the molecule is C=C1NC(=O)N(c2cc(Cl)c(Oc3ccc4[nH]cc(C(C)C)c4c3)c(Cl)c2)N=C1N. The summed E-state index contributed by atoms with van der Waals surface area (Å²) in [6, 6.07) is 8.25. The van der Waals surface area contributed by atoms with Crippen molar-refractivity contribution < 1.29 is 9.53 Å². The molecule has 1 aromatic heterocycles. The number of hydrogen-bond acceptors (Lipinski definition) is 4. The molecule has 3 aromatic rings. The number of nitrogens with one attached hydrogen (secondary N) is 2. The first-order valence-electron chi connectivity index (χ1n) is 9.17. The molecule has 2 heterocycles. The summed E-state index contributed by atoms with van der Waals surface area (Å²) in [6.45, 7) is 7.87. The van der Waals surface area contributed by atoms with E-state index in [-0.39, 0.29) is 27.3 Å². The lowest BCUT2D eigenvalue weighted by Crippen LogP contribution is -2.45. The maximum Gasteiger partial charge on any atom is 0.347 e. The van der Waals surface area contributed by atoms with E-state index in [1.165, 1.54) is 17.7 Å². The number of anilines is 1. The standard InChI is InChI=1S/C21H19Cl2N5O2/c1-10(2)15-9-25-18-5-4-13(8-14(15)18)30-19-16(22)6-12(7-17(19)23)28-21(29)26-11(3)20(24)27-28/h4-10,25H,3H2,1-2H3,(H2,24,27)(H,26,29). The van der Waals surface area contributed by atoms with Crippen LogP contribution in [0.2, 0.25) is 10.0 Å². The van der Waals surface area contributed by atoms with Crippen LogP contribution in [0.25, 0.3) is 10.9 Å². The van der Waals surface area contributed by atoms with Crippen molar-refractivity contribution in [3.63, 3.8) is 0 Å². The number of nitrogens with zero attached hydrogens (tertiary/aromatic N) is 2. The van der Waals surface area contributed by atoms with E-state index in [0.29, 0.717) is 17.4 Å². The molecule has 0 aliphatic carbocycles. The Balaban J connectivity index is 1.68. The van der Waals surface area contributed by atoms with E-state index in [1.807, 2.05) is 24.4 Å². The molecule has 0 spiro atoms. The third kappa shape index (κ3) is 3.58. The summed E-state index contributed by atoms with van der Waals surface area (Å²) in [7, 11) is 0. The Hall–Kier alpha value is -3.16. The van der Waals surface area contributed by atoms with Crippen LogP contribution in [-0.2, 0) is 0 Å². The van der Waals surface area contributed by atoms with E-state index in [1.54, 1.807) is 0 Å². The van der Waals surface area contributed by atoms with E-state index < -0.39 is 6.03 Å². The molecule has 4 rings (SSSR count). The van der Waals surface area contributed by atoms with Gasteiger partial charge < -0.3 is 20.8 Å². The highest BCUT2D eigenvalue weighted by Crippen LogP contribution is 2.41. The number of rotatable bonds is 4. The van der Waals surface area contributed by atoms with Gasteiger partial charge in [-0.3, -0.25) is 0 Å². The molecule has 0 saturated carbocycles. The van der Waals surface area contributed by atoms with Gasteiger partial charge in [0.05, 0.1) is 21.4 Å². The lowest BCUT2D eigenvalue weighted by atomic mass is 10.0. The van der Waals surface area contributed by atoms with E-state index in [0.717, 1.165) is 15.9 Å². The molecule has 9 heteroatoms. The summed E-state index contributed by atoms with van der Waals surface area (Å²) in [5.41, 5.74) is 8.53. The first kappa shape index (κ1) is 20.1. The van der Waals surface area contributed by atoms with Crippen molar-refractivity contribution in [3.8, 4) is 11.5 Å². The molecule has 1 aliphatic rings. The summed E-state index contributed by atoms with van der Waals surface area (Å²) in [5.74, 6) is 1.32. The van der Waals surface area contributed by atoms with Crippen molar-refractivity contribution in [2.24, 2.45) is 10.8 Å². The summed E-state index contributed by atoms with van der Waals surface area (Å²) in [6.07, 6.45) is 2.00. The third-order valence-corrected chi connectivity index (χ3v) is 5.28. The molecule has 154 valence electrons. The molecule has 30 heavy (non-hydrogen) atoms. The normalized spacial score (nSPS) is 14.3. The summed E-state index contributed by atoms with van der Waals surface area (Å²) in [4.78, 5) is 15.5. The lowest BCUT2D eigenvalue weighted by Gasteiger charge is -2.24. The van der Waals surface area contributed by atoms with Gasteiger partial charge >= 0.3 is 6.03 Å². The molecule has 7 nitrogen and oxygen atoms in total. The molecule has 0 radical (unpaired) electrons. The number of nitrogens with two attached hydrogens (primary N) is 1. The first-order chi connectivity index (χ1) is 14.2. The number of aromatic nitrogens is 1. The number of carbonyl (C=O) groups is 1. The quantitative estimate of drug-likeness (QED) is 0.481. The molecule has 2 aromatic carbocycles. The molecule has 1 aliphatic heterocycles. The number of hydrogen-bond donors (Lipinski definition) is 3. The zero-order valence-electron chi connectivity index (χ0n) is 16.3. The number of amides is 2. The van der Waals surface area contributed by atoms with Gasteiger partial charge in [-0.1, -0.05) is 43.6 Å². The number of urea groups is 1. The van der Waals surface area contributed by atoms with Crippen LogP contribution < -0.4 is 20.8 Å². The monoisotopic (exact) mass is 443 g/mol. The fourth-order valence-electron chi connectivity index (χ4n) is 3.18. The van der Waals surface area contributed by atoms with Crippen molar-refractivity contribution in [2.45, 2.75) is 19.8 Å². The van der Waals surface area contributed by atoms with Gasteiger partial charge in [0.1, 0.15) is 5.75 Å². The molecule has 0 unspecified atom stereocenters. The third-order valence-electron chi connectivity index (χ3n) is 4.72. The van der Waals surface area contributed by atoms with Gasteiger partial charge in [-0.2, -0.15) is 5.01 Å². The Kier molecular flexibility index (Phi) is 5.09. The second-order valence-corrected chi connectivity index (χ2v) is 7.97. The van der Waals surface area contributed by atoms with Crippen LogP contribution in [0.4, 0.5) is 10.5 Å². The molecule has 0 fully saturated rings. The van der Waals surface area contributed by atoms with Crippen molar-refractivity contribution in [1.82, 2.24) is 10.3 Å². The topological polar surface area (TPSA) is 95.7 Å². The molecule has 0 saturated heterocycles. The molecule has 0 atom stereocenters. The van der Waals surface area contributed by atoms with Crippen LogP contribution in [-0.4, -0.2) is 16.9 Å². The average Bonchev–Trinajstić information content (AvgIpc) is 3.11. The highest BCUT2D eigenvalue weighted by atomic mass is 35.5. The number of amidine groups is 1. The fourth-order valence-corrected chi connectivity index (χ4v) is 3.73. The fraction of sp³-hybridized carbons (Fsp3) is 0.143. The van der Waals surface area contributed by atoms with Gasteiger partial charge in [-0.25, -0.2) is 4.79 Å². The van der Waals surface area contributed by atoms with Gasteiger partial charge in [0.25, 0.3) is 0 Å². The highest BCUT2D eigenvalue weighted by Gasteiger charge is 2.25. The number of carbonyl (C=O) groups excluding carboxylic acids is 1. The maximum absolute atomic E-state index is 12.2. The summed E-state index contributed by atoms with van der Waals surface area (Å²) < 4.78 is 5.99.